The highest BCUT2D eigenvalue weighted by Crippen LogP contribution is 2.35. The third kappa shape index (κ3) is 5.17. The average molecular weight is 523 g/mol. The molecule has 0 aliphatic carbocycles. The molecule has 0 unspecified atom stereocenters. The monoisotopic (exact) mass is 522 g/mol. The fourth-order valence-corrected chi connectivity index (χ4v) is 3.29. The smallest absolute Gasteiger partial charge is 0.373 e. The SMILES string of the molecule is COC(=O)c1ccc(CN2C(=O)N/C(=C\c3cc(OC)c(O[C@@H](C)C(=O)O)cc3Br)C2=O)o1. The fraction of sp³-hybridized carbons (Fsp3) is 0.238. The number of amides is 3. The van der Waals surface area contributed by atoms with Gasteiger partial charge in [-0.15, -0.1) is 0 Å². The van der Waals surface area contributed by atoms with E-state index in [9.17, 15) is 19.2 Å². The summed E-state index contributed by atoms with van der Waals surface area (Å²) in [6.45, 7) is 1.18. The van der Waals surface area contributed by atoms with Crippen LogP contribution in [0.25, 0.3) is 6.08 Å². The molecular formula is C21H19BrN2O9. The van der Waals surface area contributed by atoms with Crippen molar-refractivity contribution in [1.82, 2.24) is 10.2 Å². The van der Waals surface area contributed by atoms with Crippen molar-refractivity contribution in [2.24, 2.45) is 0 Å². The summed E-state index contributed by atoms with van der Waals surface area (Å²) < 4.78 is 21.0. The highest BCUT2D eigenvalue weighted by atomic mass is 79.9. The number of aliphatic carboxylic acids is 1. The molecule has 2 aromatic rings. The second kappa shape index (κ2) is 9.77. The number of carboxylic acid groups (broad SMARTS) is 1. The first kappa shape index (κ1) is 23.9. The number of ether oxygens (including phenoxy) is 3. The Bertz CT molecular complexity index is 1150. The van der Waals surface area contributed by atoms with Crippen molar-refractivity contribution in [3.8, 4) is 11.5 Å². The van der Waals surface area contributed by atoms with Gasteiger partial charge in [-0.05, 0) is 42.8 Å². The normalized spacial score (nSPS) is 15.4. The molecule has 0 spiro atoms. The third-order valence-corrected chi connectivity index (χ3v) is 5.25. The second-order valence-corrected chi connectivity index (χ2v) is 7.61. The molecule has 1 atom stereocenters. The first-order valence-electron chi connectivity index (χ1n) is 9.43. The molecule has 2 N–H and O–H groups in total. The molecule has 3 rings (SSSR count). The van der Waals surface area contributed by atoms with Gasteiger partial charge in [-0.1, -0.05) is 15.9 Å². The lowest BCUT2D eigenvalue weighted by Gasteiger charge is -2.15. The molecule has 2 heterocycles. The van der Waals surface area contributed by atoms with Gasteiger partial charge < -0.3 is 29.1 Å². The number of imide groups is 1. The van der Waals surface area contributed by atoms with Gasteiger partial charge in [-0.2, -0.15) is 0 Å². The topological polar surface area (TPSA) is 145 Å². The number of rotatable bonds is 8. The second-order valence-electron chi connectivity index (χ2n) is 6.76. The highest BCUT2D eigenvalue weighted by Gasteiger charge is 2.34. The zero-order chi connectivity index (χ0) is 24.3. The van der Waals surface area contributed by atoms with E-state index in [0.717, 1.165) is 4.90 Å². The molecule has 174 valence electrons. The number of benzene rings is 1. The summed E-state index contributed by atoms with van der Waals surface area (Å²) >= 11 is 3.35. The molecule has 11 nitrogen and oxygen atoms in total. The minimum atomic E-state index is -1.14. The Labute approximate surface area is 196 Å². The number of carbonyl (C=O) groups excluding carboxylic acids is 3. The van der Waals surface area contributed by atoms with E-state index in [1.807, 2.05) is 0 Å². The molecule has 33 heavy (non-hydrogen) atoms. The zero-order valence-electron chi connectivity index (χ0n) is 17.7. The number of urea groups is 1. The van der Waals surface area contributed by atoms with Crippen molar-refractivity contribution in [1.29, 1.82) is 0 Å². The van der Waals surface area contributed by atoms with Crippen LogP contribution in [0.3, 0.4) is 0 Å². The quantitative estimate of drug-likeness (QED) is 0.303. The first-order valence-corrected chi connectivity index (χ1v) is 10.2. The van der Waals surface area contributed by atoms with Crippen LogP contribution in [0.5, 0.6) is 11.5 Å². The molecule has 0 radical (unpaired) electrons. The number of hydrogen-bond acceptors (Lipinski definition) is 8. The van der Waals surface area contributed by atoms with Crippen molar-refractivity contribution in [2.75, 3.05) is 14.2 Å². The van der Waals surface area contributed by atoms with E-state index in [1.165, 1.54) is 51.5 Å². The lowest BCUT2D eigenvalue weighted by Crippen LogP contribution is -2.30. The Kier molecular flexibility index (Phi) is 7.07. The van der Waals surface area contributed by atoms with Gasteiger partial charge >= 0.3 is 18.0 Å². The molecular weight excluding hydrogens is 504 g/mol. The summed E-state index contributed by atoms with van der Waals surface area (Å²) in [6, 6.07) is 5.21. The van der Waals surface area contributed by atoms with Gasteiger partial charge in [-0.25, -0.2) is 14.4 Å². The van der Waals surface area contributed by atoms with Gasteiger partial charge in [-0.3, -0.25) is 9.69 Å². The van der Waals surface area contributed by atoms with Crippen LogP contribution in [0.2, 0.25) is 0 Å². The van der Waals surface area contributed by atoms with Crippen LogP contribution < -0.4 is 14.8 Å². The van der Waals surface area contributed by atoms with Crippen LogP contribution in [0, 0.1) is 0 Å². The van der Waals surface area contributed by atoms with Gasteiger partial charge in [0.05, 0.1) is 20.8 Å². The fourth-order valence-electron chi connectivity index (χ4n) is 2.85. The number of nitrogens with one attached hydrogen (secondary N) is 1. The van der Waals surface area contributed by atoms with E-state index >= 15 is 0 Å². The van der Waals surface area contributed by atoms with E-state index in [0.29, 0.717) is 10.0 Å². The molecule has 1 saturated heterocycles. The van der Waals surface area contributed by atoms with Crippen LogP contribution in [-0.2, 0) is 20.9 Å². The molecule has 1 fully saturated rings. The van der Waals surface area contributed by atoms with Crippen molar-refractivity contribution in [2.45, 2.75) is 19.6 Å². The van der Waals surface area contributed by atoms with Crippen LogP contribution in [0.15, 0.2) is 38.9 Å². The molecule has 1 aromatic heterocycles. The van der Waals surface area contributed by atoms with Crippen LogP contribution in [-0.4, -0.2) is 54.2 Å². The van der Waals surface area contributed by atoms with Crippen LogP contribution >= 0.6 is 15.9 Å². The van der Waals surface area contributed by atoms with Gasteiger partial charge in [0.1, 0.15) is 11.5 Å². The standard InChI is InChI=1S/C21H19BrN2O9/c1-10(19(26)27)32-17-8-13(22)11(7-16(17)30-2)6-14-18(25)24(21(29)23-14)9-12-4-5-15(33-12)20(28)31-3/h4-8,10H,9H2,1-3H3,(H,23,29)(H,26,27)/b14-6-/t10-/m0/s1. The summed E-state index contributed by atoms with van der Waals surface area (Å²) in [6.07, 6.45) is 0.319. The number of esters is 1. The van der Waals surface area contributed by atoms with E-state index in [4.69, 9.17) is 19.0 Å². The Morgan fingerprint density at radius 3 is 2.61 bits per heavy atom. The largest absolute Gasteiger partial charge is 0.493 e. The molecule has 12 heteroatoms. The number of carboxylic acids is 1. The van der Waals surface area contributed by atoms with Gasteiger partial charge in [0.15, 0.2) is 17.6 Å². The number of methoxy groups -OCH3 is 2. The lowest BCUT2D eigenvalue weighted by molar-refractivity contribution is -0.144. The summed E-state index contributed by atoms with van der Waals surface area (Å²) in [5.41, 5.74) is 0.466. The molecule has 0 saturated carbocycles. The molecule has 1 aliphatic heterocycles. The Balaban J connectivity index is 1.83. The molecule has 1 aliphatic rings. The van der Waals surface area contributed by atoms with E-state index in [1.54, 1.807) is 0 Å². The Morgan fingerprint density at radius 2 is 1.97 bits per heavy atom. The average Bonchev–Trinajstić information content (AvgIpc) is 3.35. The minimum absolute atomic E-state index is 0.00456. The van der Waals surface area contributed by atoms with E-state index in [2.05, 4.69) is 26.0 Å². The predicted molar refractivity (Wildman–Crippen MR) is 116 cm³/mol. The summed E-state index contributed by atoms with van der Waals surface area (Å²) in [5.74, 6) is -1.84. The minimum Gasteiger partial charge on any atom is -0.493 e. The lowest BCUT2D eigenvalue weighted by atomic mass is 10.1. The predicted octanol–water partition coefficient (Wildman–Crippen LogP) is 2.78. The number of carbonyl (C=O) groups is 4. The summed E-state index contributed by atoms with van der Waals surface area (Å²) in [7, 11) is 2.59. The van der Waals surface area contributed by atoms with Gasteiger partial charge in [0.25, 0.3) is 5.91 Å². The maximum atomic E-state index is 12.8. The number of nitrogens with zero attached hydrogens (tertiary/aromatic N) is 1. The summed E-state index contributed by atoms with van der Waals surface area (Å²) in [4.78, 5) is 48.6. The molecule has 3 amide bonds. The van der Waals surface area contributed by atoms with Crippen molar-refractivity contribution in [3.63, 3.8) is 0 Å². The first-order chi connectivity index (χ1) is 15.6. The third-order valence-electron chi connectivity index (χ3n) is 4.56. The van der Waals surface area contributed by atoms with Crippen LogP contribution in [0.1, 0.15) is 28.8 Å². The highest BCUT2D eigenvalue weighted by molar-refractivity contribution is 9.10. The van der Waals surface area contributed by atoms with Gasteiger partial charge in [0, 0.05) is 4.47 Å². The number of halogens is 1. The molecule has 0 bridgehead atoms. The van der Waals surface area contributed by atoms with E-state index < -0.39 is 30.0 Å². The zero-order valence-corrected chi connectivity index (χ0v) is 19.3. The maximum Gasteiger partial charge on any atom is 0.373 e. The van der Waals surface area contributed by atoms with Crippen LogP contribution in [0.4, 0.5) is 4.79 Å². The Hall–Kier alpha value is -3.80. The number of hydrogen-bond donors (Lipinski definition) is 2. The van der Waals surface area contributed by atoms with Crippen molar-refractivity contribution < 1.29 is 42.9 Å². The maximum absolute atomic E-state index is 12.8. The summed E-state index contributed by atoms with van der Waals surface area (Å²) in [5, 5.41) is 11.5. The number of furan rings is 1. The van der Waals surface area contributed by atoms with Crippen molar-refractivity contribution >= 4 is 45.9 Å². The Morgan fingerprint density at radius 1 is 1.24 bits per heavy atom. The van der Waals surface area contributed by atoms with E-state index in [-0.39, 0.29) is 35.3 Å². The molecule has 1 aromatic carbocycles. The van der Waals surface area contributed by atoms with Gasteiger partial charge in [0.2, 0.25) is 5.76 Å². The van der Waals surface area contributed by atoms with Crippen molar-refractivity contribution in [3.05, 3.63) is 51.5 Å².